The first-order valence-electron chi connectivity index (χ1n) is 17.8. The van der Waals surface area contributed by atoms with Gasteiger partial charge in [-0.3, -0.25) is 9.80 Å². The summed E-state index contributed by atoms with van der Waals surface area (Å²) in [6.45, 7) is 25.3. The van der Waals surface area contributed by atoms with E-state index >= 15 is 0 Å². The number of benzene rings is 3. The van der Waals surface area contributed by atoms with Crippen molar-refractivity contribution in [3.05, 3.63) is 82.9 Å². The first-order valence-corrected chi connectivity index (χ1v) is 17.8. The van der Waals surface area contributed by atoms with E-state index < -0.39 is 0 Å². The van der Waals surface area contributed by atoms with Crippen LogP contribution in [0.25, 0.3) is 0 Å². The molecule has 4 aliphatic rings. The number of fused-ring (bicyclic) bond motifs is 2. The minimum absolute atomic E-state index is 0.369. The fourth-order valence-electron chi connectivity index (χ4n) is 6.34. The van der Waals surface area contributed by atoms with Gasteiger partial charge >= 0.3 is 14.2 Å². The van der Waals surface area contributed by atoms with Gasteiger partial charge < -0.3 is 28.1 Å². The first-order chi connectivity index (χ1) is 23.1. The first kappa shape index (κ1) is 36.0. The van der Waals surface area contributed by atoms with Crippen molar-refractivity contribution in [3.63, 3.8) is 0 Å². The Hall–Kier alpha value is -2.85. The van der Waals surface area contributed by atoms with Crippen LogP contribution in [0.3, 0.4) is 0 Å². The molecule has 3 aromatic carbocycles. The maximum Gasteiger partial charge on any atom is 0.494 e. The van der Waals surface area contributed by atoms with Gasteiger partial charge in [0.2, 0.25) is 0 Å². The van der Waals surface area contributed by atoms with Crippen molar-refractivity contribution >= 4 is 25.2 Å². The van der Waals surface area contributed by atoms with Crippen LogP contribution < -0.4 is 20.4 Å². The lowest BCUT2D eigenvalue weighted by atomic mass is 9.78. The SMILES string of the molecule is CC1(C)OB(c2ccc3c(c2)CN(Cc2ccc(CN4COc5ccc(B6OC(C)(C)C(C)(C)O6)cc5C4)cc2)CO3)OC1(C)C.CCC. The summed E-state index contributed by atoms with van der Waals surface area (Å²) in [6, 6.07) is 21.4. The largest absolute Gasteiger partial charge is 0.494 e. The van der Waals surface area contributed by atoms with E-state index in [0.29, 0.717) is 13.5 Å². The van der Waals surface area contributed by atoms with Gasteiger partial charge in [0, 0.05) is 37.3 Å². The van der Waals surface area contributed by atoms with Crippen LogP contribution in [0.5, 0.6) is 11.5 Å². The monoisotopic (exact) mass is 668 g/mol. The lowest BCUT2D eigenvalue weighted by Crippen LogP contribution is -2.41. The summed E-state index contributed by atoms with van der Waals surface area (Å²) in [7, 11) is -0.761. The molecule has 49 heavy (non-hydrogen) atoms. The van der Waals surface area contributed by atoms with Gasteiger partial charge in [0.1, 0.15) is 25.0 Å². The van der Waals surface area contributed by atoms with Crippen LogP contribution in [0.1, 0.15) is 97.9 Å². The molecule has 262 valence electrons. The lowest BCUT2D eigenvalue weighted by Gasteiger charge is -2.32. The molecule has 10 heteroatoms. The van der Waals surface area contributed by atoms with Crippen molar-refractivity contribution < 1.29 is 28.1 Å². The van der Waals surface area contributed by atoms with E-state index in [0.717, 1.165) is 59.7 Å². The Balaban J connectivity index is 0.00000134. The summed E-state index contributed by atoms with van der Waals surface area (Å²) < 4.78 is 37.4. The van der Waals surface area contributed by atoms with Crippen LogP contribution >= 0.6 is 0 Å². The van der Waals surface area contributed by atoms with Crippen molar-refractivity contribution in [3.8, 4) is 11.5 Å². The minimum atomic E-state index is -0.380. The smallest absolute Gasteiger partial charge is 0.478 e. The Morgan fingerprint density at radius 1 is 0.531 bits per heavy atom. The molecule has 0 bridgehead atoms. The molecular formula is C39H54B2N2O6. The van der Waals surface area contributed by atoms with Crippen molar-refractivity contribution in [2.75, 3.05) is 13.5 Å². The van der Waals surface area contributed by atoms with E-state index in [4.69, 9.17) is 28.1 Å². The van der Waals surface area contributed by atoms with E-state index in [2.05, 4.69) is 128 Å². The molecule has 4 heterocycles. The van der Waals surface area contributed by atoms with E-state index in [1.54, 1.807) is 0 Å². The number of rotatable bonds is 6. The quantitative estimate of drug-likeness (QED) is 0.280. The normalized spacial score (nSPS) is 22.0. The standard InChI is InChI=1S/C36H46B2N2O6.C3H8/c1-33(2)34(3,4)44-37(43-33)29-13-15-31-27(17-29)21-39(23-41-31)19-25-9-11-26(12-10-25)20-40-22-28-18-30(14-16-32(28)42-24-40)38-45-35(5,6)36(7,8)46-38;1-3-2/h9-18H,19-24H2,1-8H3;3H2,1-2H3. The third-order valence-electron chi connectivity index (χ3n) is 10.6. The minimum Gasteiger partial charge on any atom is -0.478 e. The highest BCUT2D eigenvalue weighted by Crippen LogP contribution is 2.38. The molecule has 4 aliphatic heterocycles. The van der Waals surface area contributed by atoms with Crippen LogP contribution in [0.4, 0.5) is 0 Å². The van der Waals surface area contributed by atoms with Crippen LogP contribution in [-0.2, 0) is 44.8 Å². The Labute approximate surface area is 294 Å². The molecule has 0 aliphatic carbocycles. The molecule has 0 spiro atoms. The maximum absolute atomic E-state index is 6.29. The summed E-state index contributed by atoms with van der Waals surface area (Å²) >= 11 is 0. The molecule has 0 unspecified atom stereocenters. The van der Waals surface area contributed by atoms with Crippen molar-refractivity contribution in [2.45, 2.75) is 124 Å². The van der Waals surface area contributed by atoms with Crippen LogP contribution in [0, 0.1) is 0 Å². The fraction of sp³-hybridized carbons (Fsp3) is 0.538. The molecule has 8 nitrogen and oxygen atoms in total. The highest BCUT2D eigenvalue weighted by molar-refractivity contribution is 6.62. The highest BCUT2D eigenvalue weighted by atomic mass is 16.7. The zero-order valence-electron chi connectivity index (χ0n) is 31.2. The van der Waals surface area contributed by atoms with Gasteiger partial charge in [0.25, 0.3) is 0 Å². The summed E-state index contributed by atoms with van der Waals surface area (Å²) in [5.41, 5.74) is 5.40. The lowest BCUT2D eigenvalue weighted by molar-refractivity contribution is 0.00578. The average molecular weight is 668 g/mol. The predicted molar refractivity (Wildman–Crippen MR) is 196 cm³/mol. The summed E-state index contributed by atoms with van der Waals surface area (Å²) in [5.74, 6) is 1.86. The fourth-order valence-corrected chi connectivity index (χ4v) is 6.34. The second-order valence-corrected chi connectivity index (χ2v) is 16.0. The molecular weight excluding hydrogens is 614 g/mol. The highest BCUT2D eigenvalue weighted by Gasteiger charge is 2.53. The Morgan fingerprint density at radius 3 is 1.18 bits per heavy atom. The van der Waals surface area contributed by atoms with Crippen molar-refractivity contribution in [1.29, 1.82) is 0 Å². The topological polar surface area (TPSA) is 61.9 Å². The van der Waals surface area contributed by atoms with Gasteiger partial charge in [-0.2, -0.15) is 0 Å². The number of hydrogen-bond acceptors (Lipinski definition) is 8. The molecule has 0 N–H and O–H groups in total. The van der Waals surface area contributed by atoms with Gasteiger partial charge in [0.15, 0.2) is 0 Å². The third-order valence-corrected chi connectivity index (χ3v) is 10.6. The van der Waals surface area contributed by atoms with Gasteiger partial charge in [-0.15, -0.1) is 0 Å². The molecule has 0 radical (unpaired) electrons. The Kier molecular flexibility index (Phi) is 10.1. The summed E-state index contributed by atoms with van der Waals surface area (Å²) in [5, 5.41) is 0. The van der Waals surface area contributed by atoms with E-state index in [9.17, 15) is 0 Å². The zero-order chi connectivity index (χ0) is 35.2. The van der Waals surface area contributed by atoms with Crippen LogP contribution in [-0.4, -0.2) is 59.9 Å². The van der Waals surface area contributed by atoms with Crippen molar-refractivity contribution in [1.82, 2.24) is 9.80 Å². The molecule has 0 saturated carbocycles. The molecule has 3 aromatic rings. The molecule has 7 rings (SSSR count). The maximum atomic E-state index is 6.29. The summed E-state index contributed by atoms with van der Waals surface area (Å²) in [6.07, 6.45) is 1.25. The van der Waals surface area contributed by atoms with Gasteiger partial charge in [-0.05, 0) is 89.6 Å². The van der Waals surface area contributed by atoms with Gasteiger partial charge in [-0.1, -0.05) is 68.8 Å². The summed E-state index contributed by atoms with van der Waals surface area (Å²) in [4.78, 5) is 4.64. The van der Waals surface area contributed by atoms with Gasteiger partial charge in [-0.25, -0.2) is 0 Å². The van der Waals surface area contributed by atoms with Crippen molar-refractivity contribution in [2.24, 2.45) is 0 Å². The second-order valence-electron chi connectivity index (χ2n) is 16.0. The predicted octanol–water partition coefficient (Wildman–Crippen LogP) is 6.41. The number of ether oxygens (including phenoxy) is 2. The number of nitrogens with zero attached hydrogens (tertiary/aromatic N) is 2. The number of hydrogen-bond donors (Lipinski definition) is 0. The zero-order valence-corrected chi connectivity index (χ0v) is 31.2. The van der Waals surface area contributed by atoms with E-state index in [-0.39, 0.29) is 36.6 Å². The average Bonchev–Trinajstić information content (AvgIpc) is 3.41. The molecule has 0 amide bonds. The van der Waals surface area contributed by atoms with E-state index in [1.165, 1.54) is 17.5 Å². The second kappa shape index (κ2) is 13.7. The molecule has 0 aromatic heterocycles. The molecule has 0 atom stereocenters. The molecule has 2 fully saturated rings. The Morgan fingerprint density at radius 2 is 0.857 bits per heavy atom. The van der Waals surface area contributed by atoms with Gasteiger partial charge in [0.05, 0.1) is 22.4 Å². The molecule has 2 saturated heterocycles. The Bertz CT molecular complexity index is 1480. The van der Waals surface area contributed by atoms with Crippen LogP contribution in [0.15, 0.2) is 60.7 Å². The van der Waals surface area contributed by atoms with Crippen LogP contribution in [0.2, 0.25) is 0 Å². The van der Waals surface area contributed by atoms with E-state index in [1.807, 2.05) is 12.1 Å². The third kappa shape index (κ3) is 7.60.